The van der Waals surface area contributed by atoms with E-state index in [0.717, 1.165) is 5.69 Å². The van der Waals surface area contributed by atoms with Gasteiger partial charge in [-0.25, -0.2) is 0 Å². The first kappa shape index (κ1) is 10.0. The van der Waals surface area contributed by atoms with Crippen LogP contribution in [-0.4, -0.2) is 9.59 Å². The summed E-state index contributed by atoms with van der Waals surface area (Å²) >= 11 is 1.48. The Kier molecular flexibility index (Phi) is 2.80. The first-order valence-electron chi connectivity index (χ1n) is 5.02. The molecule has 0 bridgehead atoms. The molecule has 2 rings (SSSR count). The molecule has 1 unspecified atom stereocenters. The molecule has 0 amide bonds. The predicted molar refractivity (Wildman–Crippen MR) is 56.8 cm³/mol. The lowest BCUT2D eigenvalue weighted by Crippen LogP contribution is -2.29. The van der Waals surface area contributed by atoms with Gasteiger partial charge in [0.2, 0.25) is 0 Å². The largest absolute Gasteiger partial charge is 0.271 e. The zero-order valence-electron chi connectivity index (χ0n) is 8.53. The molecule has 0 aliphatic heterocycles. The van der Waals surface area contributed by atoms with E-state index in [1.54, 1.807) is 0 Å². The summed E-state index contributed by atoms with van der Waals surface area (Å²) in [6.45, 7) is 4.28. The van der Waals surface area contributed by atoms with Crippen molar-refractivity contribution in [3.05, 3.63) is 10.6 Å². The van der Waals surface area contributed by atoms with Gasteiger partial charge in [0, 0.05) is 0 Å². The van der Waals surface area contributed by atoms with Crippen molar-refractivity contribution in [1.82, 2.24) is 15.0 Å². The number of hydrogen-bond donors (Lipinski definition) is 2. The zero-order valence-corrected chi connectivity index (χ0v) is 9.34. The van der Waals surface area contributed by atoms with E-state index in [-0.39, 0.29) is 6.04 Å². The van der Waals surface area contributed by atoms with E-state index in [2.05, 4.69) is 28.9 Å². The highest BCUT2D eigenvalue weighted by Gasteiger charge is 2.34. The molecule has 1 aliphatic carbocycles. The molecule has 78 valence electrons. The maximum absolute atomic E-state index is 5.58. The molecule has 3 N–H and O–H groups in total. The second kappa shape index (κ2) is 3.92. The van der Waals surface area contributed by atoms with E-state index in [1.165, 1.54) is 29.3 Å². The summed E-state index contributed by atoms with van der Waals surface area (Å²) in [4.78, 5) is 1.23. The number of nitrogens with zero attached hydrogens (tertiary/aromatic N) is 2. The Balaban J connectivity index is 2.24. The van der Waals surface area contributed by atoms with Crippen molar-refractivity contribution in [2.24, 2.45) is 11.8 Å². The lowest BCUT2D eigenvalue weighted by molar-refractivity contribution is 0.497. The lowest BCUT2D eigenvalue weighted by Gasteiger charge is -2.14. The van der Waals surface area contributed by atoms with Gasteiger partial charge in [-0.1, -0.05) is 18.3 Å². The Labute approximate surface area is 88.0 Å². The van der Waals surface area contributed by atoms with Crippen molar-refractivity contribution in [1.29, 1.82) is 0 Å². The van der Waals surface area contributed by atoms with Crippen LogP contribution in [-0.2, 0) is 0 Å². The van der Waals surface area contributed by atoms with Crippen LogP contribution < -0.4 is 11.3 Å². The number of rotatable bonds is 4. The number of hydrazine groups is 1. The van der Waals surface area contributed by atoms with Crippen LogP contribution in [0.15, 0.2) is 0 Å². The lowest BCUT2D eigenvalue weighted by atomic mass is 10.0. The number of nitrogens with one attached hydrogen (secondary N) is 1. The fourth-order valence-corrected chi connectivity index (χ4v) is 2.64. The minimum absolute atomic E-state index is 0.271. The van der Waals surface area contributed by atoms with Gasteiger partial charge in [-0.2, -0.15) is 0 Å². The molecule has 1 aliphatic rings. The molecule has 4 nitrogen and oxygen atoms in total. The summed E-state index contributed by atoms with van der Waals surface area (Å²) in [5.74, 6) is 6.70. The monoisotopic (exact) mass is 212 g/mol. The van der Waals surface area contributed by atoms with Gasteiger partial charge in [-0.15, -0.1) is 5.10 Å². The normalized spacial score (nSPS) is 18.9. The van der Waals surface area contributed by atoms with Crippen molar-refractivity contribution in [2.75, 3.05) is 0 Å². The summed E-state index contributed by atoms with van der Waals surface area (Å²) in [6, 6.07) is 0.271. The molecule has 1 aromatic rings. The minimum Gasteiger partial charge on any atom is -0.271 e. The van der Waals surface area contributed by atoms with Gasteiger partial charge in [0.25, 0.3) is 0 Å². The smallest absolute Gasteiger partial charge is 0.0829 e. The molecule has 0 aromatic carbocycles. The fraction of sp³-hybridized carbons (Fsp3) is 0.778. The molecule has 0 spiro atoms. The summed E-state index contributed by atoms with van der Waals surface area (Å²) < 4.78 is 4.02. The van der Waals surface area contributed by atoms with Gasteiger partial charge in [0.05, 0.1) is 16.6 Å². The maximum atomic E-state index is 5.58. The highest BCUT2D eigenvalue weighted by atomic mass is 32.1. The van der Waals surface area contributed by atoms with Gasteiger partial charge < -0.3 is 0 Å². The fourth-order valence-electron chi connectivity index (χ4n) is 1.68. The highest BCUT2D eigenvalue weighted by molar-refractivity contribution is 7.05. The van der Waals surface area contributed by atoms with E-state index >= 15 is 0 Å². The number of hydrogen-bond acceptors (Lipinski definition) is 5. The molecular weight excluding hydrogens is 196 g/mol. The molecule has 14 heavy (non-hydrogen) atoms. The van der Waals surface area contributed by atoms with E-state index in [4.69, 9.17) is 5.84 Å². The van der Waals surface area contributed by atoms with Crippen LogP contribution in [0.4, 0.5) is 0 Å². The van der Waals surface area contributed by atoms with Gasteiger partial charge in [-0.3, -0.25) is 11.3 Å². The van der Waals surface area contributed by atoms with Gasteiger partial charge in [0.1, 0.15) is 0 Å². The van der Waals surface area contributed by atoms with Crippen molar-refractivity contribution >= 4 is 11.5 Å². The third-order valence-electron chi connectivity index (χ3n) is 2.64. The molecule has 1 fully saturated rings. The van der Waals surface area contributed by atoms with Crippen molar-refractivity contribution in [3.63, 3.8) is 0 Å². The van der Waals surface area contributed by atoms with Gasteiger partial charge >= 0.3 is 0 Å². The standard InChI is InChI=1S/C9H16N4S/c1-5(2)7-9(14-13-12-7)8(11-10)6-3-4-6/h5-6,8,11H,3-4,10H2,1-2H3. The summed E-state index contributed by atoms with van der Waals surface area (Å²) in [5.41, 5.74) is 3.99. The SMILES string of the molecule is CC(C)c1nnsc1C(NN)C1CC1. The van der Waals surface area contributed by atoms with Gasteiger partial charge in [-0.05, 0) is 36.2 Å². The first-order chi connectivity index (χ1) is 6.74. The second-order valence-electron chi connectivity index (χ2n) is 4.16. The highest BCUT2D eigenvalue weighted by Crippen LogP contribution is 2.43. The first-order valence-corrected chi connectivity index (χ1v) is 5.79. The van der Waals surface area contributed by atoms with Crippen LogP contribution in [0.5, 0.6) is 0 Å². The van der Waals surface area contributed by atoms with Crippen LogP contribution in [0.1, 0.15) is 49.2 Å². The molecule has 0 radical (unpaired) electrons. The number of aromatic nitrogens is 2. The van der Waals surface area contributed by atoms with E-state index < -0.39 is 0 Å². The molecule has 1 saturated carbocycles. The topological polar surface area (TPSA) is 63.8 Å². The van der Waals surface area contributed by atoms with Crippen molar-refractivity contribution < 1.29 is 0 Å². The van der Waals surface area contributed by atoms with Crippen molar-refractivity contribution in [3.8, 4) is 0 Å². The Hall–Kier alpha value is -0.520. The second-order valence-corrected chi connectivity index (χ2v) is 4.94. The molecule has 1 atom stereocenters. The molecule has 1 heterocycles. The van der Waals surface area contributed by atoms with E-state index in [0.29, 0.717) is 11.8 Å². The quantitative estimate of drug-likeness (QED) is 0.587. The zero-order chi connectivity index (χ0) is 10.1. The Morgan fingerprint density at radius 1 is 1.50 bits per heavy atom. The number of nitrogens with two attached hydrogens (primary N) is 1. The van der Waals surface area contributed by atoms with Crippen LogP contribution in [0.25, 0.3) is 0 Å². The molecule has 1 aromatic heterocycles. The van der Waals surface area contributed by atoms with E-state index in [1.807, 2.05) is 0 Å². The van der Waals surface area contributed by atoms with Crippen molar-refractivity contribution in [2.45, 2.75) is 38.6 Å². The molecular formula is C9H16N4S. The van der Waals surface area contributed by atoms with E-state index in [9.17, 15) is 0 Å². The predicted octanol–water partition coefficient (Wildman–Crippen LogP) is 1.58. The Bertz CT molecular complexity index is 306. The third kappa shape index (κ3) is 1.80. The summed E-state index contributed by atoms with van der Waals surface area (Å²) in [6.07, 6.45) is 2.54. The van der Waals surface area contributed by atoms with Crippen LogP contribution in [0.3, 0.4) is 0 Å². The van der Waals surface area contributed by atoms with Crippen LogP contribution >= 0.6 is 11.5 Å². The Morgan fingerprint density at radius 2 is 2.21 bits per heavy atom. The molecule has 0 saturated heterocycles. The Morgan fingerprint density at radius 3 is 2.71 bits per heavy atom. The average Bonchev–Trinajstić information content (AvgIpc) is 2.84. The van der Waals surface area contributed by atoms with Crippen LogP contribution in [0, 0.1) is 5.92 Å². The minimum atomic E-state index is 0.271. The summed E-state index contributed by atoms with van der Waals surface area (Å²) in [7, 11) is 0. The maximum Gasteiger partial charge on any atom is 0.0829 e. The molecule has 5 heteroatoms. The van der Waals surface area contributed by atoms with Gasteiger partial charge in [0.15, 0.2) is 0 Å². The van der Waals surface area contributed by atoms with Crippen LogP contribution in [0.2, 0.25) is 0 Å². The third-order valence-corrected chi connectivity index (χ3v) is 3.47. The average molecular weight is 212 g/mol. The summed E-state index contributed by atoms with van der Waals surface area (Å²) in [5, 5.41) is 4.17.